The number of carbonyl (C=O) groups is 2. The molecule has 0 radical (unpaired) electrons. The molecule has 0 bridgehead atoms. The Balaban J connectivity index is 2.27. The van der Waals surface area contributed by atoms with Gasteiger partial charge < -0.3 is 25.2 Å². The number of Topliss-reactive ketones (excluding diaryl/α,β-unsaturated/α-hetero) is 2. The quantitative estimate of drug-likeness (QED) is 0.565. The number of aromatic hydroxyl groups is 1. The number of methoxy groups -OCH3 is 1. The molecule has 0 heterocycles. The fourth-order valence-electron chi connectivity index (χ4n) is 3.16. The average molecular weight is 320 g/mol. The summed E-state index contributed by atoms with van der Waals surface area (Å²) in [6, 6.07) is 2.48. The Morgan fingerprint density at radius 3 is 2.22 bits per heavy atom. The van der Waals surface area contributed by atoms with Crippen molar-refractivity contribution < 1.29 is 34.8 Å². The highest BCUT2D eigenvalue weighted by Crippen LogP contribution is 2.42. The van der Waals surface area contributed by atoms with Gasteiger partial charge in [-0.05, 0) is 6.07 Å². The van der Waals surface area contributed by atoms with Crippen molar-refractivity contribution in [3.63, 3.8) is 0 Å². The van der Waals surface area contributed by atoms with E-state index in [0.717, 1.165) is 0 Å². The molecule has 1 aromatic carbocycles. The van der Waals surface area contributed by atoms with Crippen molar-refractivity contribution in [1.29, 1.82) is 0 Å². The Hall–Kier alpha value is -2.22. The lowest BCUT2D eigenvalue weighted by molar-refractivity contribution is -0.0406. The van der Waals surface area contributed by atoms with E-state index in [2.05, 4.69) is 0 Å². The number of phenolic OH excluding ortho intramolecular Hbond substituents is 1. The van der Waals surface area contributed by atoms with Crippen LogP contribution in [0.15, 0.2) is 23.3 Å². The minimum absolute atomic E-state index is 0.0968. The Bertz CT molecular complexity index is 749. The largest absolute Gasteiger partial charge is 0.507 e. The van der Waals surface area contributed by atoms with Gasteiger partial charge in [-0.15, -0.1) is 0 Å². The van der Waals surface area contributed by atoms with E-state index in [-0.39, 0.29) is 28.0 Å². The molecule has 4 atom stereocenters. The summed E-state index contributed by atoms with van der Waals surface area (Å²) in [6.45, 7) is 1.47. The monoisotopic (exact) mass is 320 g/mol. The first kappa shape index (κ1) is 15.7. The van der Waals surface area contributed by atoms with E-state index in [4.69, 9.17) is 4.74 Å². The van der Waals surface area contributed by atoms with Crippen molar-refractivity contribution in [2.45, 2.75) is 25.2 Å². The lowest BCUT2D eigenvalue weighted by atomic mass is 9.70. The van der Waals surface area contributed by atoms with E-state index >= 15 is 0 Å². The van der Waals surface area contributed by atoms with E-state index in [9.17, 15) is 30.0 Å². The van der Waals surface area contributed by atoms with Gasteiger partial charge in [0.15, 0.2) is 11.6 Å². The maximum atomic E-state index is 12.7. The lowest BCUT2D eigenvalue weighted by Gasteiger charge is -2.38. The highest BCUT2D eigenvalue weighted by molar-refractivity contribution is 6.29. The predicted molar refractivity (Wildman–Crippen MR) is 77.5 cm³/mol. The standard InChI is InChI=1S/C16H16O7/c1-5-12(18)10-11(16(22)13(5)19)15(21)9-7(14(10)20)3-6(23-2)4-8(9)17/h3-5,12-13,16-19,22H,1-2H3. The molecule has 0 saturated carbocycles. The molecule has 23 heavy (non-hydrogen) atoms. The third-order valence-corrected chi connectivity index (χ3v) is 4.53. The van der Waals surface area contributed by atoms with Crippen LogP contribution in [0.25, 0.3) is 0 Å². The molecule has 4 unspecified atom stereocenters. The third-order valence-electron chi connectivity index (χ3n) is 4.53. The number of hydrogen-bond acceptors (Lipinski definition) is 7. The number of aliphatic hydroxyl groups excluding tert-OH is 3. The van der Waals surface area contributed by atoms with Crippen LogP contribution in [0.2, 0.25) is 0 Å². The van der Waals surface area contributed by atoms with Gasteiger partial charge in [0.2, 0.25) is 0 Å². The first-order valence-electron chi connectivity index (χ1n) is 7.08. The Morgan fingerprint density at radius 1 is 1.00 bits per heavy atom. The Labute approximate surface area is 131 Å². The highest BCUT2D eigenvalue weighted by atomic mass is 16.5. The zero-order valence-corrected chi connectivity index (χ0v) is 12.5. The van der Waals surface area contributed by atoms with Gasteiger partial charge in [0, 0.05) is 28.7 Å². The number of rotatable bonds is 1. The normalized spacial score (nSPS) is 30.1. The fraction of sp³-hybridized carbons (Fsp3) is 0.375. The molecule has 2 aliphatic rings. The van der Waals surface area contributed by atoms with Crippen LogP contribution < -0.4 is 4.74 Å². The second-order valence-electron chi connectivity index (χ2n) is 5.79. The number of aliphatic hydroxyl groups is 3. The number of fused-ring (bicyclic) bond motifs is 1. The molecular weight excluding hydrogens is 304 g/mol. The number of carbonyl (C=O) groups excluding carboxylic acids is 2. The summed E-state index contributed by atoms with van der Waals surface area (Å²) in [5, 5.41) is 40.4. The highest BCUT2D eigenvalue weighted by Gasteiger charge is 2.48. The van der Waals surface area contributed by atoms with Gasteiger partial charge >= 0.3 is 0 Å². The van der Waals surface area contributed by atoms with Crippen LogP contribution in [0, 0.1) is 5.92 Å². The average Bonchev–Trinajstić information content (AvgIpc) is 2.53. The molecule has 122 valence electrons. The minimum atomic E-state index is -1.60. The van der Waals surface area contributed by atoms with Crippen molar-refractivity contribution in [2.24, 2.45) is 5.92 Å². The number of hydrogen-bond donors (Lipinski definition) is 4. The number of phenols is 1. The van der Waals surface area contributed by atoms with Crippen molar-refractivity contribution in [3.05, 3.63) is 34.4 Å². The Kier molecular flexibility index (Phi) is 3.51. The van der Waals surface area contributed by atoms with Gasteiger partial charge in [0.1, 0.15) is 17.6 Å². The zero-order valence-electron chi connectivity index (χ0n) is 12.5. The van der Waals surface area contributed by atoms with E-state index < -0.39 is 41.5 Å². The maximum absolute atomic E-state index is 12.7. The predicted octanol–water partition coefficient (Wildman–Crippen LogP) is -0.191. The maximum Gasteiger partial charge on any atom is 0.196 e. The number of ketones is 2. The van der Waals surface area contributed by atoms with Crippen LogP contribution in [0.3, 0.4) is 0 Å². The molecule has 0 spiro atoms. The summed E-state index contributed by atoms with van der Waals surface area (Å²) >= 11 is 0. The zero-order chi connectivity index (χ0) is 17.0. The number of ether oxygens (including phenoxy) is 1. The molecule has 2 aliphatic carbocycles. The number of benzene rings is 1. The molecule has 0 aliphatic heterocycles. The SMILES string of the molecule is COc1cc(O)c2c(c1)C(=O)C1=C(C2=O)C(O)C(O)C(C)C1O. The van der Waals surface area contributed by atoms with Gasteiger partial charge in [0.05, 0.1) is 24.9 Å². The summed E-state index contributed by atoms with van der Waals surface area (Å²) in [5.41, 5.74) is -0.954. The van der Waals surface area contributed by atoms with E-state index in [1.807, 2.05) is 0 Å². The summed E-state index contributed by atoms with van der Waals surface area (Å²) in [5.74, 6) is -2.55. The second-order valence-corrected chi connectivity index (χ2v) is 5.79. The van der Waals surface area contributed by atoms with Gasteiger partial charge in [-0.2, -0.15) is 0 Å². The van der Waals surface area contributed by atoms with Crippen LogP contribution in [0.1, 0.15) is 27.6 Å². The van der Waals surface area contributed by atoms with Gasteiger partial charge in [-0.3, -0.25) is 9.59 Å². The van der Waals surface area contributed by atoms with E-state index in [1.165, 1.54) is 26.2 Å². The van der Waals surface area contributed by atoms with Gasteiger partial charge in [-0.25, -0.2) is 0 Å². The van der Waals surface area contributed by atoms with Gasteiger partial charge in [-0.1, -0.05) is 6.92 Å². The Morgan fingerprint density at radius 2 is 1.61 bits per heavy atom. The molecule has 0 aromatic heterocycles. The molecule has 7 heteroatoms. The van der Waals surface area contributed by atoms with Crippen LogP contribution in [-0.2, 0) is 0 Å². The molecule has 0 saturated heterocycles. The van der Waals surface area contributed by atoms with Crippen molar-refractivity contribution >= 4 is 11.6 Å². The fourth-order valence-corrected chi connectivity index (χ4v) is 3.16. The van der Waals surface area contributed by atoms with Crippen LogP contribution in [0.4, 0.5) is 0 Å². The van der Waals surface area contributed by atoms with Crippen molar-refractivity contribution in [1.82, 2.24) is 0 Å². The summed E-state index contributed by atoms with van der Waals surface area (Å²) in [4.78, 5) is 25.3. The lowest BCUT2D eigenvalue weighted by Crippen LogP contribution is -2.50. The molecular formula is C16H16O7. The molecule has 0 fully saturated rings. The van der Waals surface area contributed by atoms with Crippen LogP contribution in [0.5, 0.6) is 11.5 Å². The molecule has 4 N–H and O–H groups in total. The van der Waals surface area contributed by atoms with E-state index in [1.54, 1.807) is 0 Å². The molecule has 1 aromatic rings. The van der Waals surface area contributed by atoms with Crippen LogP contribution in [-0.4, -0.2) is 57.4 Å². The van der Waals surface area contributed by atoms with Crippen molar-refractivity contribution in [3.8, 4) is 11.5 Å². The smallest absolute Gasteiger partial charge is 0.196 e. The topological polar surface area (TPSA) is 124 Å². The summed E-state index contributed by atoms with van der Waals surface area (Å²) in [7, 11) is 1.35. The minimum Gasteiger partial charge on any atom is -0.507 e. The van der Waals surface area contributed by atoms with Crippen molar-refractivity contribution in [2.75, 3.05) is 7.11 Å². The summed E-state index contributed by atoms with van der Waals surface area (Å²) < 4.78 is 4.98. The van der Waals surface area contributed by atoms with E-state index in [0.29, 0.717) is 0 Å². The third kappa shape index (κ3) is 2.01. The first-order chi connectivity index (χ1) is 10.8. The molecule has 0 amide bonds. The van der Waals surface area contributed by atoms with Gasteiger partial charge in [0.25, 0.3) is 0 Å². The first-order valence-corrected chi connectivity index (χ1v) is 7.08. The second kappa shape index (κ2) is 5.16. The molecule has 3 rings (SSSR count). The summed E-state index contributed by atoms with van der Waals surface area (Å²) in [6.07, 6.45) is -4.38. The van der Waals surface area contributed by atoms with Crippen LogP contribution >= 0.6 is 0 Å². The molecule has 7 nitrogen and oxygen atoms in total.